The average molecular weight is 439 g/mol. The van der Waals surface area contributed by atoms with Gasteiger partial charge in [0, 0.05) is 11.6 Å². The number of anilines is 1. The van der Waals surface area contributed by atoms with Gasteiger partial charge in [-0.05, 0) is 38.1 Å². The van der Waals surface area contributed by atoms with Gasteiger partial charge in [-0.2, -0.15) is 0 Å². The number of carbonyl (C=O) groups excluding carboxylic acids is 1. The van der Waals surface area contributed by atoms with Gasteiger partial charge in [0.2, 0.25) is 11.8 Å². The van der Waals surface area contributed by atoms with Gasteiger partial charge in [0.1, 0.15) is 11.5 Å². The maximum absolute atomic E-state index is 12.6. The Balaban J connectivity index is 1.60. The van der Waals surface area contributed by atoms with E-state index in [2.05, 4.69) is 20.7 Å². The summed E-state index contributed by atoms with van der Waals surface area (Å²) < 4.78 is 17.8. The fraction of sp³-hybridized carbons (Fsp3) is 0.238. The van der Waals surface area contributed by atoms with Crippen molar-refractivity contribution in [2.75, 3.05) is 12.4 Å². The van der Waals surface area contributed by atoms with Crippen LogP contribution in [0.4, 0.5) is 5.88 Å². The molecule has 1 aromatic carbocycles. The van der Waals surface area contributed by atoms with E-state index in [4.69, 9.17) is 13.7 Å². The molecule has 160 valence electrons. The Kier molecular flexibility index (Phi) is 6.08. The second-order valence-electron chi connectivity index (χ2n) is 6.79. The average Bonchev–Trinajstić information content (AvgIpc) is 3.51. The van der Waals surface area contributed by atoms with Crippen LogP contribution in [0.1, 0.15) is 18.4 Å². The number of rotatable bonds is 8. The van der Waals surface area contributed by atoms with E-state index in [1.807, 2.05) is 41.0 Å². The minimum Gasteiger partial charge on any atom is -0.497 e. The summed E-state index contributed by atoms with van der Waals surface area (Å²) in [5, 5.41) is 15.3. The number of amides is 1. The van der Waals surface area contributed by atoms with Crippen LogP contribution in [-0.4, -0.2) is 38.2 Å². The first-order chi connectivity index (χ1) is 15.0. The van der Waals surface area contributed by atoms with Crippen LogP contribution in [0.2, 0.25) is 0 Å². The van der Waals surface area contributed by atoms with Crippen molar-refractivity contribution in [1.82, 2.24) is 19.9 Å². The van der Waals surface area contributed by atoms with E-state index in [1.165, 1.54) is 11.8 Å². The fourth-order valence-corrected chi connectivity index (χ4v) is 3.76. The third kappa shape index (κ3) is 4.80. The third-order valence-corrected chi connectivity index (χ3v) is 5.55. The summed E-state index contributed by atoms with van der Waals surface area (Å²) in [5.41, 5.74) is 1.54. The zero-order valence-electron chi connectivity index (χ0n) is 17.2. The number of carbonyl (C=O) groups is 1. The first-order valence-electron chi connectivity index (χ1n) is 9.54. The molecule has 9 nitrogen and oxygen atoms in total. The number of thioether (sulfide) groups is 1. The van der Waals surface area contributed by atoms with Crippen molar-refractivity contribution in [2.24, 2.45) is 0 Å². The van der Waals surface area contributed by atoms with Crippen molar-refractivity contribution in [3.8, 4) is 17.1 Å². The molecular weight excluding hydrogens is 418 g/mol. The van der Waals surface area contributed by atoms with Crippen LogP contribution in [0.25, 0.3) is 11.4 Å². The highest BCUT2D eigenvalue weighted by Gasteiger charge is 2.22. The van der Waals surface area contributed by atoms with Crippen LogP contribution in [0.15, 0.2) is 62.8 Å². The molecule has 1 amide bonds. The lowest BCUT2D eigenvalue weighted by Gasteiger charge is -2.12. The predicted molar refractivity (Wildman–Crippen MR) is 115 cm³/mol. The Morgan fingerprint density at radius 1 is 1.26 bits per heavy atom. The van der Waals surface area contributed by atoms with E-state index in [1.54, 1.807) is 33.3 Å². The quantitative estimate of drug-likeness (QED) is 0.410. The van der Waals surface area contributed by atoms with Crippen molar-refractivity contribution in [3.63, 3.8) is 0 Å². The lowest BCUT2D eigenvalue weighted by Crippen LogP contribution is -2.22. The number of benzene rings is 1. The van der Waals surface area contributed by atoms with Gasteiger partial charge in [0.25, 0.3) is 0 Å². The van der Waals surface area contributed by atoms with Crippen molar-refractivity contribution in [3.05, 3.63) is 60.2 Å². The molecule has 0 radical (unpaired) electrons. The highest BCUT2D eigenvalue weighted by atomic mass is 32.2. The highest BCUT2D eigenvalue weighted by molar-refractivity contribution is 8.00. The Morgan fingerprint density at radius 2 is 2.13 bits per heavy atom. The number of methoxy groups -OCH3 is 1. The predicted octanol–water partition coefficient (Wildman–Crippen LogP) is 4.01. The molecule has 1 atom stereocenters. The Bertz CT molecular complexity index is 1170. The molecule has 10 heteroatoms. The maximum atomic E-state index is 12.6. The summed E-state index contributed by atoms with van der Waals surface area (Å²) in [5.74, 6) is 2.20. The van der Waals surface area contributed by atoms with Gasteiger partial charge < -0.3 is 13.7 Å². The van der Waals surface area contributed by atoms with Gasteiger partial charge >= 0.3 is 0 Å². The van der Waals surface area contributed by atoms with Gasteiger partial charge in [-0.15, -0.1) is 10.2 Å². The second-order valence-corrected chi connectivity index (χ2v) is 8.09. The number of aryl methyl sites for hydroxylation is 1. The van der Waals surface area contributed by atoms with Crippen molar-refractivity contribution < 1.29 is 18.5 Å². The molecule has 0 aliphatic heterocycles. The van der Waals surface area contributed by atoms with Gasteiger partial charge in [0.05, 0.1) is 30.9 Å². The second kappa shape index (κ2) is 9.09. The molecule has 0 aliphatic rings. The normalized spacial score (nSPS) is 12.0. The molecule has 1 unspecified atom stereocenters. The Morgan fingerprint density at radius 3 is 2.84 bits per heavy atom. The van der Waals surface area contributed by atoms with Crippen LogP contribution < -0.4 is 10.1 Å². The number of furan rings is 1. The number of nitrogens with one attached hydrogen (secondary N) is 1. The monoisotopic (exact) mass is 439 g/mol. The molecule has 3 heterocycles. The van der Waals surface area contributed by atoms with Crippen LogP contribution in [0, 0.1) is 6.92 Å². The molecule has 3 aromatic heterocycles. The van der Waals surface area contributed by atoms with Gasteiger partial charge in [-0.3, -0.25) is 14.7 Å². The van der Waals surface area contributed by atoms with Crippen LogP contribution in [0.5, 0.6) is 5.75 Å². The lowest BCUT2D eigenvalue weighted by atomic mass is 10.2. The van der Waals surface area contributed by atoms with E-state index in [0.717, 1.165) is 11.3 Å². The minimum atomic E-state index is -0.455. The molecule has 0 saturated carbocycles. The number of nitrogens with zero attached hydrogens (tertiary/aromatic N) is 4. The van der Waals surface area contributed by atoms with Gasteiger partial charge in [-0.25, -0.2) is 0 Å². The fourth-order valence-electron chi connectivity index (χ4n) is 2.91. The first-order valence-corrected chi connectivity index (χ1v) is 10.4. The topological polar surface area (TPSA) is 108 Å². The van der Waals surface area contributed by atoms with E-state index in [0.29, 0.717) is 34.9 Å². The molecule has 0 aliphatic carbocycles. The SMILES string of the molecule is COc1cccc(-c2nnc(SC(C)C(=O)Nc3cc(C)no3)n2Cc2ccco2)c1. The number of hydrogen-bond acceptors (Lipinski definition) is 8. The van der Waals surface area contributed by atoms with E-state index in [-0.39, 0.29) is 5.91 Å². The molecule has 4 rings (SSSR count). The van der Waals surface area contributed by atoms with Crippen LogP contribution in [0.3, 0.4) is 0 Å². The van der Waals surface area contributed by atoms with E-state index < -0.39 is 5.25 Å². The molecular formula is C21H21N5O4S. The van der Waals surface area contributed by atoms with Gasteiger partial charge in [-0.1, -0.05) is 29.1 Å². The Labute approximate surface area is 182 Å². The lowest BCUT2D eigenvalue weighted by molar-refractivity contribution is -0.115. The van der Waals surface area contributed by atoms with Crippen molar-refractivity contribution in [1.29, 1.82) is 0 Å². The summed E-state index contributed by atoms with van der Waals surface area (Å²) in [4.78, 5) is 12.6. The maximum Gasteiger partial charge on any atom is 0.240 e. The summed E-state index contributed by atoms with van der Waals surface area (Å²) in [6.45, 7) is 4.00. The Hall–Kier alpha value is -3.53. The molecule has 0 bridgehead atoms. The smallest absolute Gasteiger partial charge is 0.240 e. The van der Waals surface area contributed by atoms with Gasteiger partial charge in [0.15, 0.2) is 11.0 Å². The number of hydrogen-bond donors (Lipinski definition) is 1. The minimum absolute atomic E-state index is 0.225. The molecule has 0 fully saturated rings. The van der Waals surface area contributed by atoms with Crippen LogP contribution in [-0.2, 0) is 11.3 Å². The van der Waals surface area contributed by atoms with E-state index in [9.17, 15) is 4.79 Å². The van der Waals surface area contributed by atoms with Crippen molar-refractivity contribution in [2.45, 2.75) is 30.8 Å². The number of aromatic nitrogens is 4. The third-order valence-electron chi connectivity index (χ3n) is 4.46. The van der Waals surface area contributed by atoms with Crippen LogP contribution >= 0.6 is 11.8 Å². The molecule has 0 spiro atoms. The largest absolute Gasteiger partial charge is 0.497 e. The summed E-state index contributed by atoms with van der Waals surface area (Å²) in [6, 6.07) is 12.9. The summed E-state index contributed by atoms with van der Waals surface area (Å²) >= 11 is 1.29. The molecule has 31 heavy (non-hydrogen) atoms. The highest BCUT2D eigenvalue weighted by Crippen LogP contribution is 2.30. The van der Waals surface area contributed by atoms with Crippen molar-refractivity contribution >= 4 is 23.6 Å². The molecule has 1 N–H and O–H groups in total. The summed E-state index contributed by atoms with van der Waals surface area (Å²) in [6.07, 6.45) is 1.62. The summed E-state index contributed by atoms with van der Waals surface area (Å²) in [7, 11) is 1.62. The zero-order chi connectivity index (χ0) is 21.8. The zero-order valence-corrected chi connectivity index (χ0v) is 18.0. The molecule has 4 aromatic rings. The molecule has 0 saturated heterocycles. The first kappa shape index (κ1) is 20.7. The number of ether oxygens (including phenoxy) is 1. The van der Waals surface area contributed by atoms with E-state index >= 15 is 0 Å². The standard InChI is InChI=1S/C21H21N5O4S/c1-13-10-18(30-25-13)22-20(27)14(2)31-21-24-23-19(15-6-4-7-16(11-15)28-3)26(21)12-17-8-5-9-29-17/h4-11,14H,12H2,1-3H3,(H,22,27).